The number of hydrogen-bond acceptors (Lipinski definition) is 7. The quantitative estimate of drug-likeness (QED) is 0.471. The molecule has 0 saturated heterocycles. The number of amides is 1. The molecule has 0 bridgehead atoms. The van der Waals surface area contributed by atoms with Gasteiger partial charge in [0.1, 0.15) is 5.82 Å². The van der Waals surface area contributed by atoms with Gasteiger partial charge in [0.15, 0.2) is 5.13 Å². The van der Waals surface area contributed by atoms with E-state index in [-0.39, 0.29) is 5.91 Å². The number of halogens is 1. The fraction of sp³-hybridized carbons (Fsp3) is 0.250. The Morgan fingerprint density at radius 1 is 1.31 bits per heavy atom. The molecule has 9 heteroatoms. The number of anilines is 2. The van der Waals surface area contributed by atoms with Crippen molar-refractivity contribution >= 4 is 55.9 Å². The number of nitrogens with zero attached hydrogens (tertiary/aromatic N) is 3. The summed E-state index contributed by atoms with van der Waals surface area (Å²) < 4.78 is 0.887. The molecule has 0 unspecified atom stereocenters. The number of carbonyl (C=O) groups is 1. The zero-order chi connectivity index (χ0) is 20.8. The first-order valence-electron chi connectivity index (χ1n) is 8.96. The smallest absolute Gasteiger partial charge is 0.251 e. The topological polar surface area (TPSA) is 70.2 Å². The van der Waals surface area contributed by atoms with Gasteiger partial charge in [-0.25, -0.2) is 9.97 Å². The number of pyridine rings is 1. The number of thiazole rings is 1. The van der Waals surface area contributed by atoms with Crippen LogP contribution in [0, 0.1) is 6.92 Å². The Morgan fingerprint density at radius 3 is 2.86 bits per heavy atom. The molecule has 0 aliphatic rings. The lowest BCUT2D eigenvalue weighted by Crippen LogP contribution is -2.31. The van der Waals surface area contributed by atoms with Gasteiger partial charge in [-0.3, -0.25) is 4.79 Å². The van der Waals surface area contributed by atoms with Gasteiger partial charge in [0.05, 0.1) is 10.6 Å². The van der Waals surface area contributed by atoms with Crippen LogP contribution in [0.3, 0.4) is 0 Å². The Balaban J connectivity index is 1.75. The molecular weight excluding hydrogens is 470 g/mol. The summed E-state index contributed by atoms with van der Waals surface area (Å²) in [5.74, 6) is 0.659. The summed E-state index contributed by atoms with van der Waals surface area (Å²) in [5, 5.41) is 9.03. The van der Waals surface area contributed by atoms with Gasteiger partial charge in [-0.1, -0.05) is 17.8 Å². The average Bonchev–Trinajstić information content (AvgIpc) is 3.08. The summed E-state index contributed by atoms with van der Waals surface area (Å²) in [6.07, 6.45) is 1.75. The van der Waals surface area contributed by atoms with Gasteiger partial charge in [-0.05, 0) is 61.2 Å². The predicted octanol–water partition coefficient (Wildman–Crippen LogP) is 4.80. The van der Waals surface area contributed by atoms with Crippen LogP contribution in [0.15, 0.2) is 56.2 Å². The van der Waals surface area contributed by atoms with Crippen molar-refractivity contribution in [2.24, 2.45) is 0 Å². The van der Waals surface area contributed by atoms with E-state index in [0.717, 1.165) is 37.5 Å². The van der Waals surface area contributed by atoms with Gasteiger partial charge in [0, 0.05) is 39.6 Å². The minimum atomic E-state index is -0.0710. The third kappa shape index (κ3) is 6.53. The number of likely N-dealkylation sites (N-methyl/N-ethyl adjacent to an activating group) is 1. The van der Waals surface area contributed by atoms with E-state index >= 15 is 0 Å². The van der Waals surface area contributed by atoms with Crippen LogP contribution in [0.4, 0.5) is 10.9 Å². The Bertz CT molecular complexity index is 993. The maximum Gasteiger partial charge on any atom is 0.251 e. The number of hydrogen-bond donors (Lipinski definition) is 2. The second-order valence-electron chi connectivity index (χ2n) is 6.61. The van der Waals surface area contributed by atoms with Gasteiger partial charge in [-0.2, -0.15) is 0 Å². The molecule has 29 heavy (non-hydrogen) atoms. The minimum Gasteiger partial charge on any atom is -0.351 e. The van der Waals surface area contributed by atoms with E-state index in [1.54, 1.807) is 18.0 Å². The molecule has 6 nitrogen and oxygen atoms in total. The third-order valence-corrected chi connectivity index (χ3v) is 6.16. The number of aryl methyl sites for hydroxylation is 1. The van der Waals surface area contributed by atoms with E-state index in [2.05, 4.69) is 36.5 Å². The summed E-state index contributed by atoms with van der Waals surface area (Å²) in [6.45, 7) is 3.37. The fourth-order valence-corrected chi connectivity index (χ4v) is 4.57. The Hall–Kier alpha value is -1.94. The molecule has 152 valence electrons. The van der Waals surface area contributed by atoms with Crippen LogP contribution < -0.4 is 10.6 Å². The Morgan fingerprint density at radius 2 is 2.14 bits per heavy atom. The Kier molecular flexibility index (Phi) is 7.65. The zero-order valence-electron chi connectivity index (χ0n) is 16.4. The van der Waals surface area contributed by atoms with Crippen molar-refractivity contribution in [3.8, 4) is 0 Å². The first kappa shape index (κ1) is 21.8. The largest absolute Gasteiger partial charge is 0.351 e. The molecule has 1 amide bonds. The maximum absolute atomic E-state index is 12.4. The van der Waals surface area contributed by atoms with Crippen LogP contribution in [-0.2, 0) is 0 Å². The first-order valence-corrected chi connectivity index (χ1v) is 11.4. The van der Waals surface area contributed by atoms with Gasteiger partial charge in [0.25, 0.3) is 5.91 Å². The third-order valence-electron chi connectivity index (χ3n) is 3.83. The van der Waals surface area contributed by atoms with Gasteiger partial charge in [0.2, 0.25) is 0 Å². The molecule has 2 aromatic heterocycles. The number of rotatable bonds is 8. The lowest BCUT2D eigenvalue weighted by Gasteiger charge is -2.12. The molecule has 3 rings (SSSR count). The molecule has 0 aliphatic heterocycles. The molecule has 0 saturated carbocycles. The predicted molar refractivity (Wildman–Crippen MR) is 124 cm³/mol. The van der Waals surface area contributed by atoms with Crippen LogP contribution in [0.1, 0.15) is 16.1 Å². The van der Waals surface area contributed by atoms with E-state index in [1.165, 1.54) is 11.3 Å². The SMILES string of the molecule is Cc1csc(Nc2ncc(Br)cc2Sc2cccc(C(=O)NCCN(C)C)c2)n1. The highest BCUT2D eigenvalue weighted by Crippen LogP contribution is 2.36. The number of carbonyl (C=O) groups excluding carboxylic acids is 1. The highest BCUT2D eigenvalue weighted by Gasteiger charge is 2.11. The highest BCUT2D eigenvalue weighted by molar-refractivity contribution is 9.10. The molecule has 2 N–H and O–H groups in total. The van der Waals surface area contributed by atoms with Crippen LogP contribution in [0.25, 0.3) is 0 Å². The second-order valence-corrected chi connectivity index (χ2v) is 9.50. The monoisotopic (exact) mass is 491 g/mol. The Labute approximate surface area is 187 Å². The van der Waals surface area contributed by atoms with Crippen molar-refractivity contribution in [3.05, 3.63) is 57.6 Å². The summed E-state index contributed by atoms with van der Waals surface area (Å²) in [7, 11) is 3.96. The van der Waals surface area contributed by atoms with Gasteiger partial charge >= 0.3 is 0 Å². The van der Waals surface area contributed by atoms with Crippen molar-refractivity contribution in [1.82, 2.24) is 20.2 Å². The normalized spacial score (nSPS) is 10.9. The van der Waals surface area contributed by atoms with Crippen LogP contribution in [-0.4, -0.2) is 48.0 Å². The zero-order valence-corrected chi connectivity index (χ0v) is 19.6. The van der Waals surface area contributed by atoms with Crippen molar-refractivity contribution in [1.29, 1.82) is 0 Å². The number of aromatic nitrogens is 2. The standard InChI is InChI=1S/C20H22BrN5OS2/c1-13-12-28-20(24-13)25-18-17(10-15(21)11-23-18)29-16-6-4-5-14(9-16)19(27)22-7-8-26(2)3/h4-6,9-12H,7-8H2,1-3H3,(H,22,27)(H,23,24,25). The van der Waals surface area contributed by atoms with Gasteiger partial charge in [-0.15, -0.1) is 11.3 Å². The summed E-state index contributed by atoms with van der Waals surface area (Å²) in [6, 6.07) is 9.61. The van der Waals surface area contributed by atoms with E-state index < -0.39 is 0 Å². The fourth-order valence-electron chi connectivity index (χ4n) is 2.43. The average molecular weight is 492 g/mol. The van der Waals surface area contributed by atoms with Crippen LogP contribution in [0.5, 0.6) is 0 Å². The number of benzene rings is 1. The number of nitrogens with one attached hydrogen (secondary N) is 2. The second kappa shape index (κ2) is 10.2. The lowest BCUT2D eigenvalue weighted by atomic mass is 10.2. The van der Waals surface area contributed by atoms with E-state index in [1.807, 2.05) is 61.6 Å². The maximum atomic E-state index is 12.4. The minimum absolute atomic E-state index is 0.0710. The molecule has 2 heterocycles. The van der Waals surface area contributed by atoms with Crippen LogP contribution >= 0.6 is 39.0 Å². The summed E-state index contributed by atoms with van der Waals surface area (Å²) in [4.78, 5) is 25.3. The van der Waals surface area contributed by atoms with E-state index in [0.29, 0.717) is 12.1 Å². The molecule has 3 aromatic rings. The van der Waals surface area contributed by atoms with Crippen molar-refractivity contribution in [2.45, 2.75) is 16.7 Å². The highest BCUT2D eigenvalue weighted by atomic mass is 79.9. The molecule has 0 atom stereocenters. The molecule has 1 aromatic carbocycles. The first-order chi connectivity index (χ1) is 13.9. The molecule has 0 radical (unpaired) electrons. The summed E-state index contributed by atoms with van der Waals surface area (Å²) >= 11 is 6.58. The van der Waals surface area contributed by atoms with E-state index in [4.69, 9.17) is 0 Å². The van der Waals surface area contributed by atoms with E-state index in [9.17, 15) is 4.79 Å². The lowest BCUT2D eigenvalue weighted by molar-refractivity contribution is 0.0951. The van der Waals surface area contributed by atoms with Crippen molar-refractivity contribution in [3.63, 3.8) is 0 Å². The molecule has 0 fully saturated rings. The van der Waals surface area contributed by atoms with Crippen LogP contribution in [0.2, 0.25) is 0 Å². The van der Waals surface area contributed by atoms with Crippen molar-refractivity contribution < 1.29 is 4.79 Å². The van der Waals surface area contributed by atoms with Crippen molar-refractivity contribution in [2.75, 3.05) is 32.5 Å². The van der Waals surface area contributed by atoms with Gasteiger partial charge < -0.3 is 15.5 Å². The molecular formula is C20H22BrN5OS2. The summed E-state index contributed by atoms with van der Waals surface area (Å²) in [5.41, 5.74) is 1.61. The molecule has 0 spiro atoms. The molecule has 0 aliphatic carbocycles.